The van der Waals surface area contributed by atoms with Crippen LogP contribution in [0.5, 0.6) is 0 Å². The largest absolute Gasteiger partial charge is 0.381 e. The number of piperazine rings is 1. The summed E-state index contributed by atoms with van der Waals surface area (Å²) in [5.74, 6) is 0.143. The van der Waals surface area contributed by atoms with Crippen LogP contribution in [0.25, 0.3) is 0 Å². The zero-order chi connectivity index (χ0) is 14.2. The van der Waals surface area contributed by atoms with Crippen LogP contribution in [0.2, 0.25) is 0 Å². The first-order chi connectivity index (χ1) is 9.53. The number of nitrogens with zero attached hydrogens (tertiary/aromatic N) is 1. The lowest BCUT2D eigenvalue weighted by atomic mass is 9.81. The average molecular weight is 280 g/mol. The van der Waals surface area contributed by atoms with E-state index in [1.807, 2.05) is 0 Å². The summed E-state index contributed by atoms with van der Waals surface area (Å²) in [7, 11) is 0. The SMILES string of the molecule is CC1(CN2CC(=O)NC3(CCCC3)C2=O)CCOCC1. The fraction of sp³-hybridized carbons (Fsp3) is 0.867. The van der Waals surface area contributed by atoms with Crippen LogP contribution in [0.1, 0.15) is 45.4 Å². The average Bonchev–Trinajstić information content (AvgIpc) is 2.85. The monoisotopic (exact) mass is 280 g/mol. The Balaban J connectivity index is 1.74. The van der Waals surface area contributed by atoms with E-state index in [0.29, 0.717) is 6.54 Å². The summed E-state index contributed by atoms with van der Waals surface area (Å²) in [4.78, 5) is 26.6. The molecule has 112 valence electrons. The van der Waals surface area contributed by atoms with Crippen molar-refractivity contribution in [3.05, 3.63) is 0 Å². The Morgan fingerprint density at radius 3 is 2.45 bits per heavy atom. The lowest BCUT2D eigenvalue weighted by molar-refractivity contribution is -0.152. The van der Waals surface area contributed by atoms with E-state index >= 15 is 0 Å². The van der Waals surface area contributed by atoms with Crippen molar-refractivity contribution in [2.45, 2.75) is 51.0 Å². The van der Waals surface area contributed by atoms with Crippen molar-refractivity contribution in [2.75, 3.05) is 26.3 Å². The van der Waals surface area contributed by atoms with E-state index in [1.54, 1.807) is 4.90 Å². The zero-order valence-electron chi connectivity index (χ0n) is 12.2. The molecule has 2 heterocycles. The number of rotatable bonds is 2. The summed E-state index contributed by atoms with van der Waals surface area (Å²) in [6.45, 7) is 4.63. The Kier molecular flexibility index (Phi) is 3.48. The Hall–Kier alpha value is -1.10. The standard InChI is InChI=1S/C15H24N2O3/c1-14(6-8-20-9-7-14)11-17-10-12(18)16-15(13(17)19)4-2-3-5-15/h2-11H2,1H3,(H,16,18). The fourth-order valence-corrected chi connectivity index (χ4v) is 3.84. The van der Waals surface area contributed by atoms with Gasteiger partial charge >= 0.3 is 0 Å². The van der Waals surface area contributed by atoms with E-state index in [0.717, 1.165) is 51.7 Å². The van der Waals surface area contributed by atoms with E-state index < -0.39 is 5.54 Å². The van der Waals surface area contributed by atoms with Crippen LogP contribution in [0, 0.1) is 5.41 Å². The minimum atomic E-state index is -0.586. The molecule has 1 N–H and O–H groups in total. The molecule has 2 saturated heterocycles. The maximum atomic E-state index is 12.8. The molecule has 0 aromatic heterocycles. The zero-order valence-corrected chi connectivity index (χ0v) is 12.2. The van der Waals surface area contributed by atoms with Gasteiger partial charge in [0.2, 0.25) is 11.8 Å². The van der Waals surface area contributed by atoms with Gasteiger partial charge in [0.15, 0.2) is 0 Å². The third-order valence-electron chi connectivity index (χ3n) is 5.14. The predicted molar refractivity (Wildman–Crippen MR) is 74.1 cm³/mol. The summed E-state index contributed by atoms with van der Waals surface area (Å²) >= 11 is 0. The van der Waals surface area contributed by atoms with Gasteiger partial charge in [-0.15, -0.1) is 0 Å². The number of amides is 2. The summed E-state index contributed by atoms with van der Waals surface area (Å²) in [5, 5.41) is 2.97. The molecule has 1 spiro atoms. The van der Waals surface area contributed by atoms with Gasteiger partial charge in [-0.1, -0.05) is 19.8 Å². The normalized spacial score (nSPS) is 28.8. The topological polar surface area (TPSA) is 58.6 Å². The van der Waals surface area contributed by atoms with Gasteiger partial charge in [-0.2, -0.15) is 0 Å². The quantitative estimate of drug-likeness (QED) is 0.823. The first-order valence-corrected chi connectivity index (χ1v) is 7.71. The number of carbonyl (C=O) groups is 2. The van der Waals surface area contributed by atoms with Gasteiger partial charge in [0.05, 0.1) is 6.54 Å². The van der Waals surface area contributed by atoms with Crippen LogP contribution in [0.3, 0.4) is 0 Å². The third-order valence-corrected chi connectivity index (χ3v) is 5.14. The van der Waals surface area contributed by atoms with Gasteiger partial charge in [-0.05, 0) is 31.1 Å². The van der Waals surface area contributed by atoms with Crippen molar-refractivity contribution >= 4 is 11.8 Å². The number of nitrogens with one attached hydrogen (secondary N) is 1. The number of ether oxygens (including phenoxy) is 1. The van der Waals surface area contributed by atoms with E-state index in [4.69, 9.17) is 4.74 Å². The highest BCUT2D eigenvalue weighted by Crippen LogP contribution is 2.36. The first kappa shape index (κ1) is 13.9. The molecule has 2 amide bonds. The molecule has 0 bridgehead atoms. The molecular weight excluding hydrogens is 256 g/mol. The Labute approximate surface area is 120 Å². The molecule has 0 aromatic rings. The van der Waals surface area contributed by atoms with E-state index in [-0.39, 0.29) is 23.8 Å². The lowest BCUT2D eigenvalue weighted by Gasteiger charge is -2.44. The molecule has 3 fully saturated rings. The molecule has 0 atom stereocenters. The second kappa shape index (κ2) is 5.02. The Bertz CT molecular complexity index is 409. The highest BCUT2D eigenvalue weighted by atomic mass is 16.5. The summed E-state index contributed by atoms with van der Waals surface area (Å²) in [6.07, 6.45) is 5.59. The lowest BCUT2D eigenvalue weighted by Crippen LogP contribution is -2.66. The number of carbonyl (C=O) groups excluding carboxylic acids is 2. The molecular formula is C15H24N2O3. The second-order valence-electron chi connectivity index (χ2n) is 6.92. The van der Waals surface area contributed by atoms with Crippen molar-refractivity contribution in [3.8, 4) is 0 Å². The van der Waals surface area contributed by atoms with Crippen LogP contribution >= 0.6 is 0 Å². The van der Waals surface area contributed by atoms with Crippen LogP contribution in [0.15, 0.2) is 0 Å². The smallest absolute Gasteiger partial charge is 0.248 e. The summed E-state index contributed by atoms with van der Waals surface area (Å²) in [6, 6.07) is 0. The van der Waals surface area contributed by atoms with Gasteiger partial charge < -0.3 is 15.0 Å². The molecule has 3 rings (SSSR count). The Morgan fingerprint density at radius 2 is 1.80 bits per heavy atom. The number of hydrogen-bond acceptors (Lipinski definition) is 3. The molecule has 2 aliphatic heterocycles. The van der Waals surface area contributed by atoms with Crippen LogP contribution < -0.4 is 5.32 Å². The minimum absolute atomic E-state index is 0.00200. The van der Waals surface area contributed by atoms with Gasteiger partial charge in [0.25, 0.3) is 0 Å². The molecule has 0 radical (unpaired) electrons. The molecule has 0 unspecified atom stereocenters. The molecule has 3 aliphatic rings. The second-order valence-corrected chi connectivity index (χ2v) is 6.92. The van der Waals surface area contributed by atoms with Gasteiger partial charge in [-0.25, -0.2) is 0 Å². The highest BCUT2D eigenvalue weighted by Gasteiger charge is 2.49. The van der Waals surface area contributed by atoms with Gasteiger partial charge in [-0.3, -0.25) is 9.59 Å². The van der Waals surface area contributed by atoms with Crippen LogP contribution in [-0.2, 0) is 14.3 Å². The Morgan fingerprint density at radius 1 is 1.15 bits per heavy atom. The molecule has 1 saturated carbocycles. The van der Waals surface area contributed by atoms with Crippen molar-refractivity contribution < 1.29 is 14.3 Å². The van der Waals surface area contributed by atoms with E-state index in [1.165, 1.54) is 0 Å². The van der Waals surface area contributed by atoms with Crippen molar-refractivity contribution in [3.63, 3.8) is 0 Å². The van der Waals surface area contributed by atoms with Crippen LogP contribution in [0.4, 0.5) is 0 Å². The molecule has 5 nitrogen and oxygen atoms in total. The minimum Gasteiger partial charge on any atom is -0.381 e. The van der Waals surface area contributed by atoms with E-state index in [9.17, 15) is 9.59 Å². The summed E-state index contributed by atoms with van der Waals surface area (Å²) in [5.41, 5.74) is -0.498. The molecule has 5 heteroatoms. The van der Waals surface area contributed by atoms with Crippen LogP contribution in [-0.4, -0.2) is 48.6 Å². The highest BCUT2D eigenvalue weighted by molar-refractivity contribution is 5.98. The van der Waals surface area contributed by atoms with Gasteiger partial charge in [0.1, 0.15) is 5.54 Å². The first-order valence-electron chi connectivity index (χ1n) is 7.71. The summed E-state index contributed by atoms with van der Waals surface area (Å²) < 4.78 is 5.41. The predicted octanol–water partition coefficient (Wildman–Crippen LogP) is 1.07. The van der Waals surface area contributed by atoms with Gasteiger partial charge in [0, 0.05) is 19.8 Å². The molecule has 0 aromatic carbocycles. The third kappa shape index (κ3) is 2.43. The number of hydrogen-bond donors (Lipinski definition) is 1. The maximum Gasteiger partial charge on any atom is 0.248 e. The van der Waals surface area contributed by atoms with Crippen molar-refractivity contribution in [1.82, 2.24) is 10.2 Å². The molecule has 1 aliphatic carbocycles. The fourth-order valence-electron chi connectivity index (χ4n) is 3.84. The van der Waals surface area contributed by atoms with Crippen molar-refractivity contribution in [1.29, 1.82) is 0 Å². The van der Waals surface area contributed by atoms with Crippen molar-refractivity contribution in [2.24, 2.45) is 5.41 Å². The van der Waals surface area contributed by atoms with E-state index in [2.05, 4.69) is 12.2 Å². The maximum absolute atomic E-state index is 12.8. The molecule has 20 heavy (non-hydrogen) atoms.